The number of aliphatic hydroxyl groups is 2. The van der Waals surface area contributed by atoms with Crippen molar-refractivity contribution in [3.05, 3.63) is 0 Å². The number of hydrogen-bond acceptors (Lipinski definition) is 4. The van der Waals surface area contributed by atoms with Gasteiger partial charge >= 0.3 is 5.97 Å². The van der Waals surface area contributed by atoms with Gasteiger partial charge in [-0.3, -0.25) is 9.59 Å². The van der Waals surface area contributed by atoms with E-state index in [0.29, 0.717) is 0 Å². The average molecular weight is 205 g/mol. The van der Waals surface area contributed by atoms with E-state index in [4.69, 9.17) is 10.2 Å². The summed E-state index contributed by atoms with van der Waals surface area (Å²) in [5.41, 5.74) is 0. The number of carbonyl (C=O) groups is 2. The Kier molecular flexibility index (Phi) is 5.82. The number of carboxylic acids is 1. The zero-order valence-corrected chi connectivity index (χ0v) is 7.93. The van der Waals surface area contributed by atoms with Gasteiger partial charge in [-0.2, -0.15) is 0 Å². The highest BCUT2D eigenvalue weighted by Crippen LogP contribution is 2.00. The summed E-state index contributed by atoms with van der Waals surface area (Å²) in [6.45, 7) is 1.19. The van der Waals surface area contributed by atoms with Crippen LogP contribution in [-0.2, 0) is 9.59 Å². The molecule has 6 heteroatoms. The van der Waals surface area contributed by atoms with Crippen LogP contribution in [0.4, 0.5) is 0 Å². The van der Waals surface area contributed by atoms with Gasteiger partial charge in [-0.25, -0.2) is 0 Å². The van der Waals surface area contributed by atoms with E-state index in [1.165, 1.54) is 6.92 Å². The van der Waals surface area contributed by atoms with Crippen LogP contribution in [0.3, 0.4) is 0 Å². The molecule has 2 unspecified atom stereocenters. The summed E-state index contributed by atoms with van der Waals surface area (Å²) in [7, 11) is 0. The van der Waals surface area contributed by atoms with Crippen LogP contribution in [0.1, 0.15) is 13.3 Å². The summed E-state index contributed by atoms with van der Waals surface area (Å²) in [5, 5.41) is 28.4. The standard InChI is InChI=1S/C8H15NO5/c1-5(4-10)7(13)8(14)9-3-2-6(11)12/h5,7,10,13H,2-4H2,1H3,(H,9,14)(H,11,12). The zero-order valence-electron chi connectivity index (χ0n) is 7.93. The minimum atomic E-state index is -1.30. The van der Waals surface area contributed by atoms with Crippen LogP contribution in [0.5, 0.6) is 0 Å². The summed E-state index contributed by atoms with van der Waals surface area (Å²) in [5.74, 6) is -2.23. The molecule has 0 aliphatic rings. The number of aliphatic carboxylic acids is 1. The summed E-state index contributed by atoms with van der Waals surface area (Å²) in [6, 6.07) is 0. The van der Waals surface area contributed by atoms with E-state index in [2.05, 4.69) is 5.32 Å². The Morgan fingerprint density at radius 1 is 1.43 bits per heavy atom. The first kappa shape index (κ1) is 12.9. The van der Waals surface area contributed by atoms with Crippen molar-refractivity contribution in [3.63, 3.8) is 0 Å². The van der Waals surface area contributed by atoms with Gasteiger partial charge in [0.05, 0.1) is 6.42 Å². The highest BCUT2D eigenvalue weighted by Gasteiger charge is 2.21. The Morgan fingerprint density at radius 2 is 2.00 bits per heavy atom. The third kappa shape index (κ3) is 4.78. The van der Waals surface area contributed by atoms with Crippen LogP contribution in [0.2, 0.25) is 0 Å². The highest BCUT2D eigenvalue weighted by atomic mass is 16.4. The Labute approximate surface area is 81.5 Å². The van der Waals surface area contributed by atoms with Gasteiger partial charge in [0.15, 0.2) is 0 Å². The van der Waals surface area contributed by atoms with Crippen molar-refractivity contribution in [1.82, 2.24) is 5.32 Å². The first-order valence-corrected chi connectivity index (χ1v) is 4.27. The molecule has 82 valence electrons. The molecule has 0 saturated heterocycles. The molecule has 0 heterocycles. The third-order valence-electron chi connectivity index (χ3n) is 1.73. The predicted molar refractivity (Wildman–Crippen MR) is 47.5 cm³/mol. The zero-order chi connectivity index (χ0) is 11.1. The van der Waals surface area contributed by atoms with Crippen LogP contribution >= 0.6 is 0 Å². The summed E-state index contributed by atoms with van der Waals surface area (Å²) >= 11 is 0. The van der Waals surface area contributed by atoms with E-state index < -0.39 is 23.9 Å². The monoisotopic (exact) mass is 205 g/mol. The highest BCUT2D eigenvalue weighted by molar-refractivity contribution is 5.81. The predicted octanol–water partition coefficient (Wildman–Crippen LogP) is -1.43. The lowest BCUT2D eigenvalue weighted by atomic mass is 10.1. The van der Waals surface area contributed by atoms with Gasteiger partial charge in [-0.05, 0) is 0 Å². The summed E-state index contributed by atoms with van der Waals surface area (Å²) in [4.78, 5) is 21.1. The first-order valence-electron chi connectivity index (χ1n) is 4.27. The Bertz CT molecular complexity index is 206. The fourth-order valence-corrected chi connectivity index (χ4v) is 0.755. The SMILES string of the molecule is CC(CO)C(O)C(=O)NCCC(=O)O. The molecule has 0 fully saturated rings. The molecule has 0 radical (unpaired) electrons. The van der Waals surface area contributed by atoms with Crippen molar-refractivity contribution in [1.29, 1.82) is 0 Å². The number of carboxylic acid groups (broad SMARTS) is 1. The topological polar surface area (TPSA) is 107 Å². The van der Waals surface area contributed by atoms with Crippen LogP contribution in [0, 0.1) is 5.92 Å². The molecule has 6 nitrogen and oxygen atoms in total. The number of carbonyl (C=O) groups excluding carboxylic acids is 1. The van der Waals surface area contributed by atoms with Crippen molar-refractivity contribution >= 4 is 11.9 Å². The molecule has 0 aromatic rings. The van der Waals surface area contributed by atoms with Crippen molar-refractivity contribution in [3.8, 4) is 0 Å². The second-order valence-corrected chi connectivity index (χ2v) is 3.04. The van der Waals surface area contributed by atoms with Crippen molar-refractivity contribution in [2.24, 2.45) is 5.92 Å². The maximum absolute atomic E-state index is 11.1. The Morgan fingerprint density at radius 3 is 2.43 bits per heavy atom. The second kappa shape index (κ2) is 6.33. The van der Waals surface area contributed by atoms with Gasteiger partial charge in [-0.15, -0.1) is 0 Å². The van der Waals surface area contributed by atoms with E-state index in [1.807, 2.05) is 0 Å². The van der Waals surface area contributed by atoms with Crippen molar-refractivity contribution in [2.75, 3.05) is 13.2 Å². The molecule has 0 aromatic carbocycles. The molecule has 4 N–H and O–H groups in total. The molecule has 0 bridgehead atoms. The molecule has 0 aliphatic heterocycles. The largest absolute Gasteiger partial charge is 0.481 e. The van der Waals surface area contributed by atoms with Gasteiger partial charge in [-0.1, -0.05) is 6.92 Å². The molecule has 0 spiro atoms. The van der Waals surface area contributed by atoms with Gasteiger partial charge in [0.1, 0.15) is 6.10 Å². The quantitative estimate of drug-likeness (QED) is 0.425. The van der Waals surface area contributed by atoms with Gasteiger partial charge in [0.2, 0.25) is 5.91 Å². The smallest absolute Gasteiger partial charge is 0.305 e. The van der Waals surface area contributed by atoms with Crippen LogP contribution in [0.15, 0.2) is 0 Å². The van der Waals surface area contributed by atoms with Crippen molar-refractivity contribution < 1.29 is 24.9 Å². The summed E-state index contributed by atoms with van der Waals surface area (Å²) in [6.07, 6.45) is -1.49. The van der Waals surface area contributed by atoms with E-state index in [0.717, 1.165) is 0 Å². The third-order valence-corrected chi connectivity index (χ3v) is 1.73. The normalized spacial score (nSPS) is 14.5. The van der Waals surface area contributed by atoms with Gasteiger partial charge < -0.3 is 20.6 Å². The molecule has 2 atom stereocenters. The fourth-order valence-electron chi connectivity index (χ4n) is 0.755. The number of aliphatic hydroxyl groups excluding tert-OH is 2. The number of rotatable bonds is 6. The number of amides is 1. The second-order valence-electron chi connectivity index (χ2n) is 3.04. The van der Waals surface area contributed by atoms with Gasteiger partial charge in [0, 0.05) is 19.1 Å². The van der Waals surface area contributed by atoms with E-state index in [9.17, 15) is 14.7 Å². The molecule has 0 saturated carbocycles. The lowest BCUT2D eigenvalue weighted by Gasteiger charge is -2.15. The molecule has 1 amide bonds. The Balaban J connectivity index is 3.78. The lowest BCUT2D eigenvalue weighted by molar-refractivity contribution is -0.137. The minimum absolute atomic E-state index is 0.0244. The maximum Gasteiger partial charge on any atom is 0.305 e. The molecule has 0 rings (SSSR count). The van der Waals surface area contributed by atoms with Gasteiger partial charge in [0.25, 0.3) is 0 Å². The number of hydrogen-bond donors (Lipinski definition) is 4. The number of nitrogens with one attached hydrogen (secondary N) is 1. The fraction of sp³-hybridized carbons (Fsp3) is 0.750. The van der Waals surface area contributed by atoms with Crippen molar-refractivity contribution in [2.45, 2.75) is 19.4 Å². The van der Waals surface area contributed by atoms with Crippen LogP contribution < -0.4 is 5.32 Å². The van der Waals surface area contributed by atoms with E-state index >= 15 is 0 Å². The maximum atomic E-state index is 11.1. The molecular formula is C8H15NO5. The van der Waals surface area contributed by atoms with E-state index in [1.54, 1.807) is 0 Å². The minimum Gasteiger partial charge on any atom is -0.481 e. The lowest BCUT2D eigenvalue weighted by Crippen LogP contribution is -2.40. The molecule has 0 aliphatic carbocycles. The average Bonchev–Trinajstić information content (AvgIpc) is 2.14. The van der Waals surface area contributed by atoms with Crippen LogP contribution in [-0.4, -0.2) is 46.5 Å². The molecular weight excluding hydrogens is 190 g/mol. The summed E-state index contributed by atoms with van der Waals surface area (Å²) < 4.78 is 0. The van der Waals surface area contributed by atoms with E-state index in [-0.39, 0.29) is 19.6 Å². The molecule has 14 heavy (non-hydrogen) atoms. The first-order chi connectivity index (χ1) is 6.49. The Hall–Kier alpha value is -1.14. The van der Waals surface area contributed by atoms with Crippen LogP contribution in [0.25, 0.3) is 0 Å². The molecule has 0 aromatic heterocycles.